The predicted molar refractivity (Wildman–Crippen MR) is 226 cm³/mol. The summed E-state index contributed by atoms with van der Waals surface area (Å²) >= 11 is 0. The average molecular weight is 697 g/mol. The van der Waals surface area contributed by atoms with Crippen LogP contribution in [0, 0.1) is 41.5 Å². The fourth-order valence-electron chi connectivity index (χ4n) is 10.9. The zero-order valence-corrected chi connectivity index (χ0v) is 32.1. The molecule has 4 heterocycles. The van der Waals surface area contributed by atoms with Crippen molar-refractivity contribution in [1.29, 1.82) is 0 Å². The van der Waals surface area contributed by atoms with Gasteiger partial charge in [-0.3, -0.25) is 0 Å². The van der Waals surface area contributed by atoms with Crippen molar-refractivity contribution in [2.24, 2.45) is 0 Å². The second-order valence-electron chi connectivity index (χ2n) is 16.5. The topological polar surface area (TPSA) is 6.48 Å². The van der Waals surface area contributed by atoms with E-state index in [2.05, 4.69) is 161 Å². The number of benzene rings is 7. The van der Waals surface area contributed by atoms with Crippen LogP contribution in [0.1, 0.15) is 77.9 Å². The Hall–Kier alpha value is -5.86. The van der Waals surface area contributed by atoms with E-state index in [1.54, 1.807) is 0 Å². The molecule has 0 saturated carbocycles. The van der Waals surface area contributed by atoms with E-state index in [0.29, 0.717) is 0 Å². The smallest absolute Gasteiger partial charge is 0.0538 e. The summed E-state index contributed by atoms with van der Waals surface area (Å²) in [7, 11) is 0. The van der Waals surface area contributed by atoms with E-state index in [9.17, 15) is 0 Å². The number of hydrogen-bond donors (Lipinski definition) is 0. The first kappa shape index (κ1) is 31.6. The fourth-order valence-corrected chi connectivity index (χ4v) is 10.9. The highest BCUT2D eigenvalue weighted by Gasteiger charge is 2.38. The first-order valence-corrected chi connectivity index (χ1v) is 19.6. The van der Waals surface area contributed by atoms with Gasteiger partial charge in [-0.2, -0.15) is 0 Å². The predicted octanol–water partition coefficient (Wildman–Crippen LogP) is 13.4. The lowest BCUT2D eigenvalue weighted by molar-refractivity contribution is 0.983. The number of anilines is 6. The highest BCUT2D eigenvalue weighted by molar-refractivity contribution is 5.98. The Labute approximate surface area is 319 Å². The molecule has 0 amide bonds. The van der Waals surface area contributed by atoms with E-state index in [0.717, 1.165) is 25.7 Å². The highest BCUT2D eigenvalue weighted by Crippen LogP contribution is 2.58. The van der Waals surface area contributed by atoms with Gasteiger partial charge in [-0.15, -0.1) is 0 Å². The van der Waals surface area contributed by atoms with Crippen LogP contribution in [0.15, 0.2) is 109 Å². The first-order chi connectivity index (χ1) is 26.2. The minimum atomic E-state index is 0.923. The van der Waals surface area contributed by atoms with Crippen molar-refractivity contribution in [3.63, 3.8) is 0 Å². The lowest BCUT2D eigenvalue weighted by atomic mass is 9.79. The van der Waals surface area contributed by atoms with Crippen LogP contribution < -0.4 is 9.80 Å². The molecule has 0 fully saturated rings. The van der Waals surface area contributed by atoms with Crippen molar-refractivity contribution in [2.75, 3.05) is 9.80 Å². The third kappa shape index (κ3) is 4.40. The number of rotatable bonds is 2. The van der Waals surface area contributed by atoms with Crippen LogP contribution in [-0.2, 0) is 25.7 Å². The number of hydrogen-bond acceptors (Lipinski definition) is 2. The molecule has 4 aliphatic heterocycles. The molecule has 7 aromatic carbocycles. The van der Waals surface area contributed by atoms with E-state index in [4.69, 9.17) is 0 Å². The van der Waals surface area contributed by atoms with Crippen molar-refractivity contribution in [3.05, 3.63) is 187 Å². The Bertz CT molecular complexity index is 2560. The molecule has 2 heteroatoms. The van der Waals surface area contributed by atoms with Gasteiger partial charge in [0, 0.05) is 37.1 Å². The SMILES string of the molecule is Cc1cc(C)c(-c2ccc3c4c2Cc2ccccc2N4c2cc4c(cc2C3)N2c3ccccc3Cc3c(-c5c(C)cc(C)cc5C)ccc(c32)C4)c(C)c1. The van der Waals surface area contributed by atoms with Crippen LogP contribution in [0.2, 0.25) is 0 Å². The van der Waals surface area contributed by atoms with E-state index in [1.807, 2.05) is 0 Å². The third-order valence-electron chi connectivity index (χ3n) is 12.8. The number of fused-ring (bicyclic) bond motifs is 8. The molecule has 2 nitrogen and oxygen atoms in total. The molecular formula is C52H44N2. The van der Waals surface area contributed by atoms with Gasteiger partial charge in [0.2, 0.25) is 0 Å². The van der Waals surface area contributed by atoms with Crippen LogP contribution in [-0.4, -0.2) is 0 Å². The van der Waals surface area contributed by atoms with Gasteiger partial charge in [0.05, 0.1) is 22.7 Å². The highest BCUT2D eigenvalue weighted by atomic mass is 15.2. The number of nitrogens with zero attached hydrogens (tertiary/aromatic N) is 2. The second-order valence-corrected chi connectivity index (χ2v) is 16.5. The standard InChI is InChI=1S/C52H44N2/c1-29-19-31(3)49(32(4)20-29)41-17-15-37-23-39-28-48-40(27-47(39)53-45-13-9-7-11-35(45)25-43(41)51(37)53)24-38-16-18-42(50-33(5)21-30(2)22-34(50)6)44-26-36-12-8-10-14-46(36)54(48)52(38)44/h7-22,27-28H,23-26H2,1-6H3. The molecular weight excluding hydrogens is 653 g/mol. The molecule has 0 spiro atoms. The Morgan fingerprint density at radius 3 is 1.15 bits per heavy atom. The normalized spacial score (nSPS) is 14.1. The molecule has 0 aromatic heterocycles. The largest absolute Gasteiger partial charge is 0.309 e. The van der Waals surface area contributed by atoms with E-state index in [-0.39, 0.29) is 0 Å². The summed E-state index contributed by atoms with van der Waals surface area (Å²) in [4.78, 5) is 5.25. The van der Waals surface area contributed by atoms with Gasteiger partial charge in [0.1, 0.15) is 0 Å². The Morgan fingerprint density at radius 2 is 0.741 bits per heavy atom. The van der Waals surface area contributed by atoms with Crippen LogP contribution in [0.25, 0.3) is 22.3 Å². The summed E-state index contributed by atoms with van der Waals surface area (Å²) in [6.07, 6.45) is 3.74. The average Bonchev–Trinajstić information content (AvgIpc) is 3.14. The summed E-state index contributed by atoms with van der Waals surface area (Å²) in [5, 5.41) is 0. The maximum atomic E-state index is 2.63. The van der Waals surface area contributed by atoms with Gasteiger partial charge >= 0.3 is 0 Å². The van der Waals surface area contributed by atoms with Crippen molar-refractivity contribution in [1.82, 2.24) is 0 Å². The van der Waals surface area contributed by atoms with Crippen molar-refractivity contribution >= 4 is 34.1 Å². The summed E-state index contributed by atoms with van der Waals surface area (Å²) < 4.78 is 0. The van der Waals surface area contributed by atoms with Gasteiger partial charge in [-0.25, -0.2) is 0 Å². The molecule has 0 radical (unpaired) electrons. The zero-order chi connectivity index (χ0) is 36.6. The summed E-state index contributed by atoms with van der Waals surface area (Å²) in [5.74, 6) is 0. The minimum Gasteiger partial charge on any atom is -0.309 e. The molecule has 0 N–H and O–H groups in total. The molecule has 0 aliphatic carbocycles. The summed E-state index contributed by atoms with van der Waals surface area (Å²) in [6, 6.07) is 42.4. The number of aryl methyl sites for hydroxylation is 6. The quantitative estimate of drug-likeness (QED) is 0.178. The molecule has 7 aromatic rings. The summed E-state index contributed by atoms with van der Waals surface area (Å²) in [6.45, 7) is 13.6. The molecule has 54 heavy (non-hydrogen) atoms. The van der Waals surface area contributed by atoms with Crippen LogP contribution >= 0.6 is 0 Å². The Balaban J connectivity index is 1.13. The maximum absolute atomic E-state index is 2.63. The van der Waals surface area contributed by atoms with E-state index >= 15 is 0 Å². The lowest BCUT2D eigenvalue weighted by Crippen LogP contribution is -2.28. The Kier molecular flexibility index (Phi) is 6.64. The van der Waals surface area contributed by atoms with E-state index in [1.165, 1.54) is 134 Å². The molecule has 0 atom stereocenters. The number of para-hydroxylation sites is 2. The second kappa shape index (κ2) is 11.3. The molecule has 0 saturated heterocycles. The third-order valence-corrected chi connectivity index (χ3v) is 12.8. The lowest BCUT2D eigenvalue weighted by Gasteiger charge is -2.43. The molecule has 0 bridgehead atoms. The van der Waals surface area contributed by atoms with Crippen LogP contribution in [0.3, 0.4) is 0 Å². The fraction of sp³-hybridized carbons (Fsp3) is 0.192. The van der Waals surface area contributed by atoms with E-state index < -0.39 is 0 Å². The maximum Gasteiger partial charge on any atom is 0.0538 e. The van der Waals surface area contributed by atoms with Gasteiger partial charge in [0.15, 0.2) is 0 Å². The zero-order valence-electron chi connectivity index (χ0n) is 32.1. The molecule has 0 unspecified atom stereocenters. The summed E-state index contributed by atoms with van der Waals surface area (Å²) in [5.41, 5.74) is 33.0. The Morgan fingerprint density at radius 1 is 0.352 bits per heavy atom. The first-order valence-electron chi connectivity index (χ1n) is 19.6. The van der Waals surface area contributed by atoms with Gasteiger partial charge < -0.3 is 9.80 Å². The van der Waals surface area contributed by atoms with Gasteiger partial charge in [-0.05, 0) is 155 Å². The van der Waals surface area contributed by atoms with Gasteiger partial charge in [0.25, 0.3) is 0 Å². The van der Waals surface area contributed by atoms with Gasteiger partial charge in [-0.1, -0.05) is 96.1 Å². The molecule has 262 valence electrons. The van der Waals surface area contributed by atoms with Crippen molar-refractivity contribution < 1.29 is 0 Å². The van der Waals surface area contributed by atoms with Crippen molar-refractivity contribution in [3.8, 4) is 22.3 Å². The van der Waals surface area contributed by atoms with Crippen LogP contribution in [0.5, 0.6) is 0 Å². The molecule has 4 aliphatic rings. The monoisotopic (exact) mass is 696 g/mol. The van der Waals surface area contributed by atoms with Crippen LogP contribution in [0.4, 0.5) is 34.1 Å². The minimum absolute atomic E-state index is 0.923. The molecule has 11 rings (SSSR count). The van der Waals surface area contributed by atoms with Crippen molar-refractivity contribution in [2.45, 2.75) is 67.2 Å².